The van der Waals surface area contributed by atoms with Crippen LogP contribution in [0.5, 0.6) is 0 Å². The maximum atomic E-state index is 10.7. The third kappa shape index (κ3) is 1.96. The average Bonchev–Trinajstić information content (AvgIpc) is 2.64. The molecule has 0 spiro atoms. The van der Waals surface area contributed by atoms with E-state index in [2.05, 4.69) is 10.1 Å². The number of hydrogen-bond donors (Lipinski definition) is 1. The second-order valence-electron chi connectivity index (χ2n) is 3.54. The molecule has 0 saturated heterocycles. The first kappa shape index (κ1) is 9.64. The highest BCUT2D eigenvalue weighted by atomic mass is 16.4. The number of aliphatic carboxylic acids is 1. The van der Waals surface area contributed by atoms with Gasteiger partial charge >= 0.3 is 5.97 Å². The predicted molar refractivity (Wildman–Crippen MR) is 53.5 cm³/mol. The Morgan fingerprint density at radius 3 is 3.20 bits per heavy atom. The van der Waals surface area contributed by atoms with Crippen molar-refractivity contribution in [2.45, 2.75) is 13.3 Å². The molecule has 2 aromatic heterocycles. The SMILES string of the molecule is CC(Cc1ccn2ncnc2c1)C(=O)O. The van der Waals surface area contributed by atoms with Gasteiger partial charge in [-0.3, -0.25) is 4.79 Å². The molecular weight excluding hydrogens is 194 g/mol. The second kappa shape index (κ2) is 3.68. The van der Waals surface area contributed by atoms with Gasteiger partial charge in [0.05, 0.1) is 5.92 Å². The Kier molecular flexibility index (Phi) is 2.37. The van der Waals surface area contributed by atoms with Gasteiger partial charge in [0.25, 0.3) is 0 Å². The van der Waals surface area contributed by atoms with Gasteiger partial charge < -0.3 is 5.11 Å². The number of pyridine rings is 1. The van der Waals surface area contributed by atoms with Gasteiger partial charge in [0.2, 0.25) is 0 Å². The van der Waals surface area contributed by atoms with Crippen molar-refractivity contribution >= 4 is 11.6 Å². The lowest BCUT2D eigenvalue weighted by molar-refractivity contribution is -0.141. The van der Waals surface area contributed by atoms with Gasteiger partial charge in [-0.25, -0.2) is 9.50 Å². The average molecular weight is 205 g/mol. The first-order valence-electron chi connectivity index (χ1n) is 4.68. The Hall–Kier alpha value is -1.91. The standard InChI is InChI=1S/C10H11N3O2/c1-7(10(14)15)4-8-2-3-13-9(5-8)11-6-12-13/h2-3,5-7H,4H2,1H3,(H,14,15). The van der Waals surface area contributed by atoms with Crippen LogP contribution in [-0.2, 0) is 11.2 Å². The molecule has 0 radical (unpaired) electrons. The summed E-state index contributed by atoms with van der Waals surface area (Å²) in [5.41, 5.74) is 1.70. The minimum Gasteiger partial charge on any atom is -0.481 e. The van der Waals surface area contributed by atoms with Crippen LogP contribution in [0.2, 0.25) is 0 Å². The third-order valence-corrected chi connectivity index (χ3v) is 2.31. The van der Waals surface area contributed by atoms with Gasteiger partial charge in [0.1, 0.15) is 6.33 Å². The first-order chi connectivity index (χ1) is 7.16. The molecule has 0 aliphatic rings. The highest BCUT2D eigenvalue weighted by Crippen LogP contribution is 2.10. The number of carboxylic acid groups (broad SMARTS) is 1. The lowest BCUT2D eigenvalue weighted by atomic mass is 10.0. The lowest BCUT2D eigenvalue weighted by Gasteiger charge is -2.05. The van der Waals surface area contributed by atoms with E-state index in [4.69, 9.17) is 5.11 Å². The number of aromatic nitrogens is 3. The van der Waals surface area contributed by atoms with Crippen molar-refractivity contribution in [3.8, 4) is 0 Å². The predicted octanol–water partition coefficient (Wildman–Crippen LogP) is 0.992. The molecule has 0 fully saturated rings. The summed E-state index contributed by atoms with van der Waals surface area (Å²) in [4.78, 5) is 14.7. The Morgan fingerprint density at radius 1 is 1.67 bits per heavy atom. The number of fused-ring (bicyclic) bond motifs is 1. The van der Waals surface area contributed by atoms with Crippen LogP contribution >= 0.6 is 0 Å². The Bertz CT molecular complexity index is 492. The van der Waals surface area contributed by atoms with E-state index in [0.29, 0.717) is 6.42 Å². The Labute approximate surface area is 86.4 Å². The van der Waals surface area contributed by atoms with Crippen molar-refractivity contribution in [1.82, 2.24) is 14.6 Å². The van der Waals surface area contributed by atoms with E-state index in [9.17, 15) is 4.79 Å². The molecule has 15 heavy (non-hydrogen) atoms. The van der Waals surface area contributed by atoms with Crippen LogP contribution in [0.15, 0.2) is 24.7 Å². The fourth-order valence-electron chi connectivity index (χ4n) is 1.43. The molecule has 0 amide bonds. The minimum atomic E-state index is -0.781. The summed E-state index contributed by atoms with van der Waals surface area (Å²) >= 11 is 0. The molecule has 2 aromatic rings. The van der Waals surface area contributed by atoms with Crippen LogP contribution in [0.1, 0.15) is 12.5 Å². The number of carbonyl (C=O) groups is 1. The Morgan fingerprint density at radius 2 is 2.47 bits per heavy atom. The molecule has 1 unspecified atom stereocenters. The van der Waals surface area contributed by atoms with E-state index in [1.54, 1.807) is 17.6 Å². The summed E-state index contributed by atoms with van der Waals surface area (Å²) in [6.07, 6.45) is 3.77. The van der Waals surface area contributed by atoms with Crippen molar-refractivity contribution in [2.24, 2.45) is 5.92 Å². The van der Waals surface area contributed by atoms with E-state index >= 15 is 0 Å². The van der Waals surface area contributed by atoms with Crippen LogP contribution in [-0.4, -0.2) is 25.7 Å². The molecule has 0 saturated carbocycles. The summed E-state index contributed by atoms with van der Waals surface area (Å²) in [5.74, 6) is -1.16. The largest absolute Gasteiger partial charge is 0.481 e. The maximum Gasteiger partial charge on any atom is 0.306 e. The molecule has 1 atom stereocenters. The van der Waals surface area contributed by atoms with Gasteiger partial charge in [0, 0.05) is 6.20 Å². The fourth-order valence-corrected chi connectivity index (χ4v) is 1.43. The molecule has 5 nitrogen and oxygen atoms in total. The molecule has 2 heterocycles. The van der Waals surface area contributed by atoms with Crippen molar-refractivity contribution in [3.63, 3.8) is 0 Å². The van der Waals surface area contributed by atoms with E-state index in [1.807, 2.05) is 12.1 Å². The van der Waals surface area contributed by atoms with Crippen molar-refractivity contribution < 1.29 is 9.90 Å². The zero-order valence-corrected chi connectivity index (χ0v) is 8.29. The second-order valence-corrected chi connectivity index (χ2v) is 3.54. The summed E-state index contributed by atoms with van der Waals surface area (Å²) in [5, 5.41) is 12.7. The zero-order valence-electron chi connectivity index (χ0n) is 8.29. The quantitative estimate of drug-likeness (QED) is 0.811. The van der Waals surface area contributed by atoms with Crippen LogP contribution in [0.3, 0.4) is 0 Å². The molecule has 0 aliphatic carbocycles. The van der Waals surface area contributed by atoms with E-state index in [0.717, 1.165) is 11.2 Å². The number of hydrogen-bond acceptors (Lipinski definition) is 3. The highest BCUT2D eigenvalue weighted by molar-refractivity contribution is 5.70. The minimum absolute atomic E-state index is 0.379. The lowest BCUT2D eigenvalue weighted by Crippen LogP contribution is -2.12. The van der Waals surface area contributed by atoms with Gasteiger partial charge in [-0.2, -0.15) is 5.10 Å². The monoisotopic (exact) mass is 205 g/mol. The summed E-state index contributed by atoms with van der Waals surface area (Å²) in [6.45, 7) is 1.69. The molecule has 5 heteroatoms. The number of nitrogens with zero attached hydrogens (tertiary/aromatic N) is 3. The molecule has 0 aliphatic heterocycles. The van der Waals surface area contributed by atoms with Crippen LogP contribution < -0.4 is 0 Å². The zero-order chi connectivity index (χ0) is 10.8. The molecule has 0 bridgehead atoms. The molecule has 1 N–H and O–H groups in total. The number of carboxylic acids is 1. The third-order valence-electron chi connectivity index (χ3n) is 2.31. The van der Waals surface area contributed by atoms with Crippen molar-refractivity contribution in [2.75, 3.05) is 0 Å². The summed E-state index contributed by atoms with van der Waals surface area (Å²) in [7, 11) is 0. The van der Waals surface area contributed by atoms with Gasteiger partial charge in [0.15, 0.2) is 5.65 Å². The molecule has 0 aromatic carbocycles. The van der Waals surface area contributed by atoms with Crippen molar-refractivity contribution in [3.05, 3.63) is 30.2 Å². The fraction of sp³-hybridized carbons (Fsp3) is 0.300. The number of rotatable bonds is 3. The van der Waals surface area contributed by atoms with Gasteiger partial charge in [-0.05, 0) is 24.1 Å². The van der Waals surface area contributed by atoms with Gasteiger partial charge in [-0.1, -0.05) is 6.92 Å². The normalized spacial score (nSPS) is 12.9. The Balaban J connectivity index is 2.24. The van der Waals surface area contributed by atoms with Crippen LogP contribution in [0.4, 0.5) is 0 Å². The first-order valence-corrected chi connectivity index (χ1v) is 4.68. The maximum absolute atomic E-state index is 10.7. The molecular formula is C10H11N3O2. The summed E-state index contributed by atoms with van der Waals surface area (Å²) in [6, 6.07) is 3.72. The van der Waals surface area contributed by atoms with E-state index < -0.39 is 5.97 Å². The van der Waals surface area contributed by atoms with E-state index in [-0.39, 0.29) is 5.92 Å². The van der Waals surface area contributed by atoms with Gasteiger partial charge in [-0.15, -0.1) is 0 Å². The van der Waals surface area contributed by atoms with E-state index in [1.165, 1.54) is 6.33 Å². The van der Waals surface area contributed by atoms with Crippen LogP contribution in [0.25, 0.3) is 5.65 Å². The topological polar surface area (TPSA) is 67.5 Å². The van der Waals surface area contributed by atoms with Crippen LogP contribution in [0, 0.1) is 5.92 Å². The summed E-state index contributed by atoms with van der Waals surface area (Å²) < 4.78 is 1.65. The highest BCUT2D eigenvalue weighted by Gasteiger charge is 2.11. The smallest absolute Gasteiger partial charge is 0.306 e. The molecule has 2 rings (SSSR count). The molecule has 78 valence electrons. The van der Waals surface area contributed by atoms with Crippen molar-refractivity contribution in [1.29, 1.82) is 0 Å².